The Hall–Kier alpha value is -2.52. The number of ether oxygens (including phenoxy) is 1. The summed E-state index contributed by atoms with van der Waals surface area (Å²) in [6.07, 6.45) is 1.71. The van der Waals surface area contributed by atoms with Crippen LogP contribution in [0.1, 0.15) is 29.0 Å². The molecule has 0 bridgehead atoms. The average molecular weight is 388 g/mol. The van der Waals surface area contributed by atoms with Crippen molar-refractivity contribution < 1.29 is 9.53 Å². The van der Waals surface area contributed by atoms with Crippen molar-refractivity contribution in [2.45, 2.75) is 19.8 Å². The Labute approximate surface area is 164 Å². The molecule has 9 heteroatoms. The third-order valence-corrected chi connectivity index (χ3v) is 4.63. The van der Waals surface area contributed by atoms with Gasteiger partial charge in [-0.05, 0) is 44.1 Å². The van der Waals surface area contributed by atoms with Crippen molar-refractivity contribution in [2.24, 2.45) is 0 Å². The fraction of sp³-hybridized carbons (Fsp3) is 0.444. The fourth-order valence-electron chi connectivity index (χ4n) is 2.91. The number of amides is 1. The first-order valence-corrected chi connectivity index (χ1v) is 9.38. The van der Waals surface area contributed by atoms with E-state index in [1.165, 1.54) is 4.80 Å². The lowest BCUT2D eigenvalue weighted by Gasteiger charge is -2.29. The molecule has 8 nitrogen and oxygen atoms in total. The number of methoxy groups -OCH3 is 1. The van der Waals surface area contributed by atoms with E-state index in [-0.39, 0.29) is 5.91 Å². The van der Waals surface area contributed by atoms with E-state index >= 15 is 0 Å². The lowest BCUT2D eigenvalue weighted by Crippen LogP contribution is -2.49. The number of hydrazine groups is 1. The summed E-state index contributed by atoms with van der Waals surface area (Å²) in [6.45, 7) is 4.47. The summed E-state index contributed by atoms with van der Waals surface area (Å²) in [4.78, 5) is 14.6. The molecule has 1 N–H and O–H groups in total. The molecule has 1 aliphatic rings. The smallest absolute Gasteiger partial charge is 0.294 e. The molecule has 144 valence electrons. The Morgan fingerprint density at radius 3 is 2.70 bits per heavy atom. The van der Waals surface area contributed by atoms with Crippen molar-refractivity contribution in [3.05, 3.63) is 41.7 Å². The van der Waals surface area contributed by atoms with Crippen LogP contribution >= 0.6 is 12.2 Å². The second-order valence-corrected chi connectivity index (χ2v) is 6.63. The van der Waals surface area contributed by atoms with Crippen LogP contribution in [0, 0.1) is 6.92 Å². The molecule has 1 amide bonds. The summed E-state index contributed by atoms with van der Waals surface area (Å²) < 4.78 is 5.04. The first-order valence-electron chi connectivity index (χ1n) is 8.97. The van der Waals surface area contributed by atoms with E-state index in [0.717, 1.165) is 18.5 Å². The number of nitrogens with one attached hydrogen (secondary N) is 1. The van der Waals surface area contributed by atoms with Crippen LogP contribution in [0.25, 0.3) is 5.69 Å². The van der Waals surface area contributed by atoms with Crippen molar-refractivity contribution >= 4 is 23.2 Å². The van der Waals surface area contributed by atoms with Gasteiger partial charge in [0.1, 0.15) is 0 Å². The molecule has 0 atom stereocenters. The van der Waals surface area contributed by atoms with E-state index in [1.807, 2.05) is 35.3 Å². The summed E-state index contributed by atoms with van der Waals surface area (Å²) in [7, 11) is 1.67. The Kier molecular flexibility index (Phi) is 6.36. The second kappa shape index (κ2) is 8.92. The maximum Gasteiger partial charge on any atom is 0.294 e. The summed E-state index contributed by atoms with van der Waals surface area (Å²) in [6, 6.07) is 9.54. The van der Waals surface area contributed by atoms with Crippen LogP contribution in [0.3, 0.4) is 0 Å². The number of aryl methyl sites for hydroxylation is 1. The van der Waals surface area contributed by atoms with Crippen molar-refractivity contribution in [3.63, 3.8) is 0 Å². The van der Waals surface area contributed by atoms with Gasteiger partial charge in [-0.15, -0.1) is 5.10 Å². The third kappa shape index (κ3) is 4.42. The molecule has 3 rings (SSSR count). The average Bonchev–Trinajstić information content (AvgIpc) is 3.32. The van der Waals surface area contributed by atoms with Gasteiger partial charge in [-0.2, -0.15) is 9.90 Å². The van der Waals surface area contributed by atoms with Gasteiger partial charge in [-0.25, -0.2) is 5.01 Å². The van der Waals surface area contributed by atoms with Crippen LogP contribution in [-0.2, 0) is 4.74 Å². The lowest BCUT2D eigenvalue weighted by molar-refractivity contribution is 0.0484. The SMILES string of the molecule is COCCCNC(=S)N1CCCN1C(=O)c1nn(-c2ccccc2)nc1C. The van der Waals surface area contributed by atoms with Crippen molar-refractivity contribution in [1.82, 2.24) is 30.3 Å². The highest BCUT2D eigenvalue weighted by Crippen LogP contribution is 2.17. The van der Waals surface area contributed by atoms with Gasteiger partial charge in [0.25, 0.3) is 5.91 Å². The number of aromatic nitrogens is 3. The van der Waals surface area contributed by atoms with Crippen molar-refractivity contribution in [3.8, 4) is 5.69 Å². The molecule has 2 heterocycles. The number of benzene rings is 1. The van der Waals surface area contributed by atoms with Gasteiger partial charge in [0.15, 0.2) is 10.8 Å². The Morgan fingerprint density at radius 1 is 1.22 bits per heavy atom. The largest absolute Gasteiger partial charge is 0.385 e. The molecule has 1 saturated heterocycles. The van der Waals surface area contributed by atoms with Gasteiger partial charge in [-0.1, -0.05) is 18.2 Å². The molecule has 27 heavy (non-hydrogen) atoms. The topological polar surface area (TPSA) is 75.5 Å². The minimum Gasteiger partial charge on any atom is -0.385 e. The summed E-state index contributed by atoms with van der Waals surface area (Å²) >= 11 is 5.46. The first kappa shape index (κ1) is 19.2. The van der Waals surface area contributed by atoms with E-state index in [0.29, 0.717) is 42.7 Å². The van der Waals surface area contributed by atoms with Gasteiger partial charge in [0.2, 0.25) is 0 Å². The summed E-state index contributed by atoms with van der Waals surface area (Å²) in [5, 5.41) is 16.0. The normalized spacial score (nSPS) is 13.9. The van der Waals surface area contributed by atoms with Crippen LogP contribution < -0.4 is 5.32 Å². The molecule has 0 aliphatic carbocycles. The zero-order chi connectivity index (χ0) is 19.2. The number of para-hydroxylation sites is 1. The number of carbonyl (C=O) groups is 1. The predicted octanol–water partition coefficient (Wildman–Crippen LogP) is 1.55. The zero-order valence-corrected chi connectivity index (χ0v) is 16.4. The number of hydrogen-bond donors (Lipinski definition) is 1. The molecule has 0 radical (unpaired) electrons. The molecule has 0 spiro atoms. The lowest BCUT2D eigenvalue weighted by atomic mass is 10.3. The molecule has 1 aliphatic heterocycles. The highest BCUT2D eigenvalue weighted by atomic mass is 32.1. The standard InChI is InChI=1S/C18H24N6O2S/c1-14-16(21-24(20-14)15-8-4-3-5-9-15)17(25)22-11-7-12-23(22)18(27)19-10-6-13-26-2/h3-5,8-9H,6-7,10-13H2,1-2H3,(H,19,27). The van der Waals surface area contributed by atoms with Crippen LogP contribution in [0.2, 0.25) is 0 Å². The van der Waals surface area contributed by atoms with Crippen LogP contribution in [0.5, 0.6) is 0 Å². The van der Waals surface area contributed by atoms with Crippen molar-refractivity contribution in [2.75, 3.05) is 33.4 Å². The monoisotopic (exact) mass is 388 g/mol. The number of nitrogens with zero attached hydrogens (tertiary/aromatic N) is 5. The van der Waals surface area contributed by atoms with E-state index in [2.05, 4.69) is 15.5 Å². The maximum absolute atomic E-state index is 13.1. The minimum absolute atomic E-state index is 0.187. The number of carbonyl (C=O) groups excluding carboxylic acids is 1. The number of rotatable bonds is 6. The predicted molar refractivity (Wildman–Crippen MR) is 106 cm³/mol. The van der Waals surface area contributed by atoms with E-state index < -0.39 is 0 Å². The van der Waals surface area contributed by atoms with Gasteiger partial charge >= 0.3 is 0 Å². The van der Waals surface area contributed by atoms with E-state index in [9.17, 15) is 4.79 Å². The highest BCUT2D eigenvalue weighted by molar-refractivity contribution is 7.80. The molecule has 1 fully saturated rings. The highest BCUT2D eigenvalue weighted by Gasteiger charge is 2.32. The summed E-state index contributed by atoms with van der Waals surface area (Å²) in [5.41, 5.74) is 1.75. The van der Waals surface area contributed by atoms with Crippen LogP contribution in [0.15, 0.2) is 30.3 Å². The first-order chi connectivity index (χ1) is 13.1. The quantitative estimate of drug-likeness (QED) is 0.594. The van der Waals surface area contributed by atoms with E-state index in [4.69, 9.17) is 17.0 Å². The molecular weight excluding hydrogens is 364 g/mol. The molecule has 1 aromatic heterocycles. The Balaban J connectivity index is 1.71. The minimum atomic E-state index is -0.187. The maximum atomic E-state index is 13.1. The Morgan fingerprint density at radius 2 is 1.96 bits per heavy atom. The van der Waals surface area contributed by atoms with Gasteiger partial charge in [0, 0.05) is 33.4 Å². The Bertz CT molecular complexity index is 794. The second-order valence-electron chi connectivity index (χ2n) is 6.24. The van der Waals surface area contributed by atoms with Crippen molar-refractivity contribution in [1.29, 1.82) is 0 Å². The molecule has 0 unspecified atom stereocenters. The molecule has 1 aromatic carbocycles. The zero-order valence-electron chi connectivity index (χ0n) is 15.6. The molecular formula is C18H24N6O2S. The molecule has 0 saturated carbocycles. The third-order valence-electron chi connectivity index (χ3n) is 4.27. The number of thiocarbonyl (C=S) groups is 1. The van der Waals surface area contributed by atoms with E-state index in [1.54, 1.807) is 19.0 Å². The fourth-order valence-corrected chi connectivity index (χ4v) is 3.20. The summed E-state index contributed by atoms with van der Waals surface area (Å²) in [5.74, 6) is -0.187. The number of hydrogen-bond acceptors (Lipinski definition) is 5. The van der Waals surface area contributed by atoms with Gasteiger partial charge in [0.05, 0.1) is 11.4 Å². The molecule has 2 aromatic rings. The van der Waals surface area contributed by atoms with Gasteiger partial charge in [-0.3, -0.25) is 9.80 Å². The van der Waals surface area contributed by atoms with Crippen LogP contribution in [0.4, 0.5) is 0 Å². The van der Waals surface area contributed by atoms with Gasteiger partial charge < -0.3 is 10.1 Å². The van der Waals surface area contributed by atoms with Crippen LogP contribution in [-0.4, -0.2) is 69.4 Å².